The smallest absolute Gasteiger partial charge is 0.251 e. The van der Waals surface area contributed by atoms with E-state index in [0.717, 1.165) is 10.8 Å². The first-order valence-corrected chi connectivity index (χ1v) is 6.08. The van der Waals surface area contributed by atoms with Crippen LogP contribution in [0.25, 0.3) is 10.8 Å². The lowest BCUT2D eigenvalue weighted by molar-refractivity contribution is 0.0949. The normalized spacial score (nSPS) is 10.8. The molecule has 0 aliphatic carbocycles. The summed E-state index contributed by atoms with van der Waals surface area (Å²) in [6, 6.07) is 10.8. The van der Waals surface area contributed by atoms with Crippen molar-refractivity contribution in [3.05, 3.63) is 42.0 Å². The van der Waals surface area contributed by atoms with Crippen molar-refractivity contribution in [3.63, 3.8) is 0 Å². The number of phenolic OH excluding ortho intramolecular Hbond substituents is 1. The fraction of sp³-hybridized carbons (Fsp3) is 0.267. The monoisotopic (exact) mass is 243 g/mol. The van der Waals surface area contributed by atoms with Crippen molar-refractivity contribution in [2.45, 2.75) is 13.8 Å². The molecule has 2 aromatic carbocycles. The predicted molar refractivity (Wildman–Crippen MR) is 72.8 cm³/mol. The van der Waals surface area contributed by atoms with Crippen molar-refractivity contribution >= 4 is 16.7 Å². The van der Waals surface area contributed by atoms with Gasteiger partial charge in [0.15, 0.2) is 0 Å². The average molecular weight is 243 g/mol. The standard InChI is InChI=1S/C15H17NO2/c1-10(2)9-16-15(18)12-7-11-5-3-4-6-13(11)14(17)8-12/h3-8,10,17H,9H2,1-2H3,(H,16,18). The van der Waals surface area contributed by atoms with Crippen LogP contribution in [-0.4, -0.2) is 17.6 Å². The Hall–Kier alpha value is -2.03. The van der Waals surface area contributed by atoms with Crippen molar-refractivity contribution < 1.29 is 9.90 Å². The minimum absolute atomic E-state index is 0.141. The number of carbonyl (C=O) groups is 1. The maximum atomic E-state index is 11.9. The van der Waals surface area contributed by atoms with E-state index in [1.165, 1.54) is 6.07 Å². The Bertz CT molecular complexity index is 576. The van der Waals surface area contributed by atoms with Gasteiger partial charge in [-0.1, -0.05) is 38.1 Å². The lowest BCUT2D eigenvalue weighted by Crippen LogP contribution is -2.27. The van der Waals surface area contributed by atoms with E-state index < -0.39 is 0 Å². The molecule has 0 atom stereocenters. The third-order valence-corrected chi connectivity index (χ3v) is 2.77. The SMILES string of the molecule is CC(C)CNC(=O)c1cc(O)c2ccccc2c1. The van der Waals surface area contributed by atoms with E-state index in [2.05, 4.69) is 5.32 Å². The van der Waals surface area contributed by atoms with E-state index in [1.807, 2.05) is 38.1 Å². The molecule has 0 aromatic heterocycles. The van der Waals surface area contributed by atoms with Gasteiger partial charge in [-0.25, -0.2) is 0 Å². The van der Waals surface area contributed by atoms with E-state index in [0.29, 0.717) is 18.0 Å². The van der Waals surface area contributed by atoms with E-state index in [-0.39, 0.29) is 11.7 Å². The molecule has 1 amide bonds. The molecule has 0 spiro atoms. The molecule has 2 N–H and O–H groups in total. The summed E-state index contributed by atoms with van der Waals surface area (Å²) in [4.78, 5) is 11.9. The minimum Gasteiger partial charge on any atom is -0.507 e. The van der Waals surface area contributed by atoms with Crippen LogP contribution in [0, 0.1) is 5.92 Å². The van der Waals surface area contributed by atoms with Crippen molar-refractivity contribution in [1.82, 2.24) is 5.32 Å². The number of phenols is 1. The lowest BCUT2D eigenvalue weighted by Gasteiger charge is -2.09. The number of aromatic hydroxyl groups is 1. The van der Waals surface area contributed by atoms with Crippen molar-refractivity contribution in [2.75, 3.05) is 6.54 Å². The van der Waals surface area contributed by atoms with Crippen LogP contribution in [0.4, 0.5) is 0 Å². The van der Waals surface area contributed by atoms with Gasteiger partial charge in [0.25, 0.3) is 5.91 Å². The number of nitrogens with one attached hydrogen (secondary N) is 1. The van der Waals surface area contributed by atoms with E-state index in [1.54, 1.807) is 6.07 Å². The van der Waals surface area contributed by atoms with Gasteiger partial charge >= 0.3 is 0 Å². The zero-order valence-corrected chi connectivity index (χ0v) is 10.6. The first-order chi connectivity index (χ1) is 8.58. The third-order valence-electron chi connectivity index (χ3n) is 2.77. The molecule has 0 saturated heterocycles. The summed E-state index contributed by atoms with van der Waals surface area (Å²) in [5.74, 6) is 0.399. The highest BCUT2D eigenvalue weighted by Gasteiger charge is 2.09. The summed E-state index contributed by atoms with van der Waals surface area (Å²) in [5, 5.41) is 14.4. The molecule has 3 nitrogen and oxygen atoms in total. The number of hydrogen-bond donors (Lipinski definition) is 2. The van der Waals surface area contributed by atoms with Crippen LogP contribution in [0.15, 0.2) is 36.4 Å². The van der Waals surface area contributed by atoms with Crippen LogP contribution in [0.2, 0.25) is 0 Å². The highest BCUT2D eigenvalue weighted by molar-refractivity contribution is 6.00. The molecule has 0 fully saturated rings. The average Bonchev–Trinajstić information content (AvgIpc) is 2.36. The molecule has 0 aliphatic heterocycles. The second-order valence-electron chi connectivity index (χ2n) is 4.82. The van der Waals surface area contributed by atoms with Crippen LogP contribution in [0.1, 0.15) is 24.2 Å². The predicted octanol–water partition coefficient (Wildman–Crippen LogP) is 2.93. The first-order valence-electron chi connectivity index (χ1n) is 6.08. The van der Waals surface area contributed by atoms with Gasteiger partial charge < -0.3 is 10.4 Å². The second-order valence-corrected chi connectivity index (χ2v) is 4.82. The minimum atomic E-state index is -0.148. The van der Waals surface area contributed by atoms with Gasteiger partial charge in [-0.15, -0.1) is 0 Å². The largest absolute Gasteiger partial charge is 0.507 e. The van der Waals surface area contributed by atoms with Gasteiger partial charge in [-0.3, -0.25) is 4.79 Å². The Balaban J connectivity index is 2.31. The van der Waals surface area contributed by atoms with E-state index in [9.17, 15) is 9.90 Å². The number of amides is 1. The summed E-state index contributed by atoms with van der Waals surface area (Å²) in [5.41, 5.74) is 0.492. The summed E-state index contributed by atoms with van der Waals surface area (Å²) in [6.07, 6.45) is 0. The highest BCUT2D eigenvalue weighted by Crippen LogP contribution is 2.26. The molecule has 2 aromatic rings. The van der Waals surface area contributed by atoms with Crippen molar-refractivity contribution in [2.24, 2.45) is 5.92 Å². The highest BCUT2D eigenvalue weighted by atomic mass is 16.3. The number of rotatable bonds is 3. The number of hydrogen-bond acceptors (Lipinski definition) is 2. The molecule has 3 heteroatoms. The summed E-state index contributed by atoms with van der Waals surface area (Å²) in [7, 11) is 0. The lowest BCUT2D eigenvalue weighted by atomic mass is 10.1. The zero-order valence-electron chi connectivity index (χ0n) is 10.6. The van der Waals surface area contributed by atoms with Crippen LogP contribution >= 0.6 is 0 Å². The molecule has 18 heavy (non-hydrogen) atoms. The molecule has 0 bridgehead atoms. The van der Waals surface area contributed by atoms with Gasteiger partial charge in [-0.2, -0.15) is 0 Å². The molecule has 94 valence electrons. The van der Waals surface area contributed by atoms with Gasteiger partial charge in [-0.05, 0) is 23.4 Å². The van der Waals surface area contributed by atoms with Gasteiger partial charge in [0.2, 0.25) is 0 Å². The van der Waals surface area contributed by atoms with E-state index >= 15 is 0 Å². The van der Waals surface area contributed by atoms with Crippen LogP contribution < -0.4 is 5.32 Å². The summed E-state index contributed by atoms with van der Waals surface area (Å²) < 4.78 is 0. The Labute approximate surface area is 106 Å². The van der Waals surface area contributed by atoms with Gasteiger partial charge in [0, 0.05) is 17.5 Å². The molecule has 0 saturated carbocycles. The fourth-order valence-electron chi connectivity index (χ4n) is 1.82. The second kappa shape index (κ2) is 5.08. The Morgan fingerprint density at radius 1 is 1.28 bits per heavy atom. The maximum absolute atomic E-state index is 11.9. The Morgan fingerprint density at radius 3 is 2.72 bits per heavy atom. The summed E-state index contributed by atoms with van der Waals surface area (Å²) in [6.45, 7) is 4.71. The zero-order chi connectivity index (χ0) is 13.1. The van der Waals surface area contributed by atoms with E-state index in [4.69, 9.17) is 0 Å². The number of carbonyl (C=O) groups excluding carboxylic acids is 1. The van der Waals surface area contributed by atoms with Crippen molar-refractivity contribution in [1.29, 1.82) is 0 Å². The Kier molecular flexibility index (Phi) is 3.51. The molecule has 0 aliphatic rings. The maximum Gasteiger partial charge on any atom is 0.251 e. The van der Waals surface area contributed by atoms with Crippen LogP contribution in [0.5, 0.6) is 5.75 Å². The summed E-state index contributed by atoms with van der Waals surface area (Å²) >= 11 is 0. The van der Waals surface area contributed by atoms with Gasteiger partial charge in [0.1, 0.15) is 5.75 Å². The first kappa shape index (κ1) is 12.4. The topological polar surface area (TPSA) is 49.3 Å². The van der Waals surface area contributed by atoms with Gasteiger partial charge in [0.05, 0.1) is 0 Å². The number of fused-ring (bicyclic) bond motifs is 1. The molecule has 0 heterocycles. The van der Waals surface area contributed by atoms with Crippen molar-refractivity contribution in [3.8, 4) is 5.75 Å². The third kappa shape index (κ3) is 2.62. The quantitative estimate of drug-likeness (QED) is 0.870. The number of benzene rings is 2. The molecule has 0 radical (unpaired) electrons. The fourth-order valence-corrected chi connectivity index (χ4v) is 1.82. The van der Waals surface area contributed by atoms with Crippen LogP contribution in [-0.2, 0) is 0 Å². The molecule has 0 unspecified atom stereocenters. The van der Waals surface area contributed by atoms with Crippen LogP contribution in [0.3, 0.4) is 0 Å². The molecule has 2 rings (SSSR count). The molecular weight excluding hydrogens is 226 g/mol. The Morgan fingerprint density at radius 2 is 2.00 bits per heavy atom. The molecular formula is C15H17NO2.